The van der Waals surface area contributed by atoms with E-state index in [1.54, 1.807) is 0 Å². The lowest BCUT2D eigenvalue weighted by atomic mass is 10.0. The van der Waals surface area contributed by atoms with E-state index in [0.717, 1.165) is 22.3 Å². The topological polar surface area (TPSA) is 20.7 Å². The Morgan fingerprint density at radius 1 is 1.26 bits per heavy atom. The van der Waals surface area contributed by atoms with Crippen LogP contribution in [0.3, 0.4) is 0 Å². The van der Waals surface area contributed by atoms with Crippen molar-refractivity contribution in [2.45, 2.75) is 19.4 Å². The van der Waals surface area contributed by atoms with E-state index < -0.39 is 0 Å². The molecule has 2 heterocycles. The number of nitrogens with one attached hydrogen (secondary N) is 1. The zero-order chi connectivity index (χ0) is 13.4. The van der Waals surface area contributed by atoms with Crippen molar-refractivity contribution in [1.29, 1.82) is 0 Å². The Bertz CT molecular complexity index is 656. The summed E-state index contributed by atoms with van der Waals surface area (Å²) in [5, 5.41) is 1.14. The molecule has 0 bridgehead atoms. The average molecular weight is 333 g/mol. The Hall–Kier alpha value is -0.160. The Balaban J connectivity index is 2.00. The molecule has 1 N–H and O–H groups in total. The van der Waals surface area contributed by atoms with E-state index in [0.29, 0.717) is 16.0 Å². The van der Waals surface area contributed by atoms with Gasteiger partial charge >= 0.3 is 0 Å². The molecule has 1 fully saturated rings. The van der Waals surface area contributed by atoms with Gasteiger partial charge in [-0.15, -0.1) is 0 Å². The second-order valence-electron chi connectivity index (χ2n) is 4.88. The summed E-state index contributed by atoms with van der Waals surface area (Å²) in [4.78, 5) is 3.21. The number of thioether (sulfide) groups is 1. The first kappa shape index (κ1) is 13.8. The van der Waals surface area contributed by atoms with E-state index in [1.165, 1.54) is 24.3 Å². The molecule has 0 spiro atoms. The highest BCUT2D eigenvalue weighted by Gasteiger charge is 2.16. The minimum Gasteiger partial charge on any atom is -0.331 e. The van der Waals surface area contributed by atoms with Gasteiger partial charge in [-0.3, -0.25) is 0 Å². The summed E-state index contributed by atoms with van der Waals surface area (Å²) in [5.41, 5.74) is 2.02. The monoisotopic (exact) mass is 332 g/mol. The fraction of sp³-hybridized carbons (Fsp3) is 0.462. The largest absolute Gasteiger partial charge is 0.331 e. The molecule has 2 aromatic rings. The third-order valence-corrected chi connectivity index (χ3v) is 5.69. The molecule has 1 saturated heterocycles. The zero-order valence-corrected chi connectivity index (χ0v) is 13.4. The molecule has 0 saturated carbocycles. The highest BCUT2D eigenvalue weighted by molar-refractivity contribution is 7.99. The molecule has 0 unspecified atom stereocenters. The number of hydrogen-bond donors (Lipinski definition) is 1. The van der Waals surface area contributed by atoms with Crippen molar-refractivity contribution in [3.8, 4) is 0 Å². The summed E-state index contributed by atoms with van der Waals surface area (Å²) in [5.74, 6) is 3.22. The molecule has 0 radical (unpaired) electrons. The minimum atomic E-state index is 0.562. The predicted molar refractivity (Wildman–Crippen MR) is 87.2 cm³/mol. The lowest BCUT2D eigenvalue weighted by Gasteiger charge is -2.22. The standard InChI is InChI=1S/C13H14Cl2N2S2/c14-9-5-11-12(6-10(9)15)17(13(18)16-11)7-8-1-3-19-4-2-8/h5-6,8H,1-4,7H2,(H,16,18). The van der Waals surface area contributed by atoms with Crippen LogP contribution in [0.15, 0.2) is 12.1 Å². The lowest BCUT2D eigenvalue weighted by molar-refractivity contribution is 0.420. The Morgan fingerprint density at radius 2 is 1.95 bits per heavy atom. The number of H-pyrrole nitrogens is 1. The first-order chi connectivity index (χ1) is 9.15. The molecular weight excluding hydrogens is 319 g/mol. The van der Waals surface area contributed by atoms with Crippen LogP contribution in [0.2, 0.25) is 10.0 Å². The van der Waals surface area contributed by atoms with Crippen LogP contribution in [0.4, 0.5) is 0 Å². The number of imidazole rings is 1. The van der Waals surface area contributed by atoms with Crippen LogP contribution in [-0.2, 0) is 6.54 Å². The molecule has 0 aliphatic carbocycles. The second kappa shape index (κ2) is 5.68. The van der Waals surface area contributed by atoms with Gasteiger partial charge in [0.25, 0.3) is 0 Å². The number of nitrogens with zero attached hydrogens (tertiary/aromatic N) is 1. The summed E-state index contributed by atoms with van der Waals surface area (Å²) in [6.07, 6.45) is 2.53. The molecular formula is C13H14Cl2N2S2. The van der Waals surface area contributed by atoms with Gasteiger partial charge in [0, 0.05) is 6.54 Å². The smallest absolute Gasteiger partial charge is 0.178 e. The van der Waals surface area contributed by atoms with E-state index in [2.05, 4.69) is 9.55 Å². The summed E-state index contributed by atoms with van der Waals surface area (Å²) >= 11 is 19.6. The molecule has 6 heteroatoms. The molecule has 1 aromatic carbocycles. The summed E-state index contributed by atoms with van der Waals surface area (Å²) < 4.78 is 2.92. The van der Waals surface area contributed by atoms with E-state index in [1.807, 2.05) is 23.9 Å². The third-order valence-electron chi connectivity index (χ3n) is 3.60. The van der Waals surface area contributed by atoms with Gasteiger partial charge in [0.2, 0.25) is 0 Å². The number of halogens is 2. The van der Waals surface area contributed by atoms with Crippen molar-refractivity contribution < 1.29 is 0 Å². The van der Waals surface area contributed by atoms with E-state index >= 15 is 0 Å². The fourth-order valence-corrected chi connectivity index (χ4v) is 4.33. The molecule has 1 aromatic heterocycles. The number of rotatable bonds is 2. The number of aromatic amines is 1. The van der Waals surface area contributed by atoms with Crippen LogP contribution in [0.5, 0.6) is 0 Å². The first-order valence-electron chi connectivity index (χ1n) is 6.30. The van der Waals surface area contributed by atoms with Gasteiger partial charge in [0.05, 0.1) is 21.1 Å². The first-order valence-corrected chi connectivity index (χ1v) is 8.62. The summed E-state index contributed by atoms with van der Waals surface area (Å²) in [7, 11) is 0. The van der Waals surface area contributed by atoms with Gasteiger partial charge < -0.3 is 9.55 Å². The quantitative estimate of drug-likeness (QED) is 0.767. The lowest BCUT2D eigenvalue weighted by Crippen LogP contribution is -2.16. The normalized spacial score (nSPS) is 17.2. The number of aromatic nitrogens is 2. The van der Waals surface area contributed by atoms with Crippen LogP contribution in [0.25, 0.3) is 11.0 Å². The Morgan fingerprint density at radius 3 is 2.68 bits per heavy atom. The third kappa shape index (κ3) is 2.82. The molecule has 19 heavy (non-hydrogen) atoms. The second-order valence-corrected chi connectivity index (χ2v) is 7.31. The van der Waals surface area contributed by atoms with Crippen molar-refractivity contribution in [3.05, 3.63) is 26.9 Å². The van der Waals surface area contributed by atoms with Gasteiger partial charge in [-0.05, 0) is 54.6 Å². The molecule has 102 valence electrons. The van der Waals surface area contributed by atoms with E-state index in [4.69, 9.17) is 35.4 Å². The predicted octanol–water partition coefficient (Wildman–Crippen LogP) is 5.15. The van der Waals surface area contributed by atoms with Gasteiger partial charge in [-0.2, -0.15) is 11.8 Å². The maximum absolute atomic E-state index is 6.12. The van der Waals surface area contributed by atoms with Crippen LogP contribution in [0, 0.1) is 10.7 Å². The van der Waals surface area contributed by atoms with Crippen LogP contribution in [-0.4, -0.2) is 21.1 Å². The maximum atomic E-state index is 6.12. The number of fused-ring (bicyclic) bond motifs is 1. The number of hydrogen-bond acceptors (Lipinski definition) is 2. The van der Waals surface area contributed by atoms with Crippen molar-refractivity contribution >= 4 is 58.2 Å². The summed E-state index contributed by atoms with van der Waals surface area (Å²) in [6, 6.07) is 3.76. The van der Waals surface area contributed by atoms with E-state index in [-0.39, 0.29) is 0 Å². The Kier molecular flexibility index (Phi) is 4.13. The molecule has 2 nitrogen and oxygen atoms in total. The zero-order valence-electron chi connectivity index (χ0n) is 10.3. The van der Waals surface area contributed by atoms with Crippen LogP contribution in [0.1, 0.15) is 12.8 Å². The van der Waals surface area contributed by atoms with Gasteiger partial charge in [-0.1, -0.05) is 23.2 Å². The maximum Gasteiger partial charge on any atom is 0.178 e. The molecule has 0 atom stereocenters. The van der Waals surface area contributed by atoms with Crippen LogP contribution < -0.4 is 0 Å². The van der Waals surface area contributed by atoms with Crippen molar-refractivity contribution in [3.63, 3.8) is 0 Å². The molecule has 3 rings (SSSR count). The highest BCUT2D eigenvalue weighted by Crippen LogP contribution is 2.30. The SMILES string of the molecule is S=c1[nH]c2cc(Cl)c(Cl)cc2n1CC1CCSCC1. The highest BCUT2D eigenvalue weighted by atomic mass is 35.5. The number of benzene rings is 1. The van der Waals surface area contributed by atoms with Crippen molar-refractivity contribution in [2.75, 3.05) is 11.5 Å². The molecule has 1 aliphatic heterocycles. The van der Waals surface area contributed by atoms with Gasteiger partial charge in [-0.25, -0.2) is 0 Å². The summed E-state index contributed by atoms with van der Waals surface area (Å²) in [6.45, 7) is 0.970. The fourth-order valence-electron chi connectivity index (χ4n) is 2.52. The minimum absolute atomic E-state index is 0.562. The van der Waals surface area contributed by atoms with Crippen molar-refractivity contribution in [2.24, 2.45) is 5.92 Å². The Labute approximate surface area is 131 Å². The molecule has 0 amide bonds. The van der Waals surface area contributed by atoms with Crippen molar-refractivity contribution in [1.82, 2.24) is 9.55 Å². The van der Waals surface area contributed by atoms with Gasteiger partial charge in [0.15, 0.2) is 4.77 Å². The molecule has 1 aliphatic rings. The average Bonchev–Trinajstić information content (AvgIpc) is 2.68. The van der Waals surface area contributed by atoms with E-state index in [9.17, 15) is 0 Å². The van der Waals surface area contributed by atoms with Gasteiger partial charge in [0.1, 0.15) is 0 Å². The van der Waals surface area contributed by atoms with Crippen LogP contribution >= 0.6 is 47.2 Å².